The van der Waals surface area contributed by atoms with E-state index in [-0.39, 0.29) is 17.9 Å². The molecule has 0 spiro atoms. The first-order valence-corrected chi connectivity index (χ1v) is 6.93. The van der Waals surface area contributed by atoms with E-state index in [1.165, 1.54) is 12.8 Å². The Hall–Kier alpha value is -0.770. The van der Waals surface area contributed by atoms with Gasteiger partial charge in [-0.05, 0) is 30.5 Å². The molecule has 2 atom stereocenters. The van der Waals surface area contributed by atoms with E-state index in [0.717, 1.165) is 24.8 Å². The molecule has 1 fully saturated rings. The third kappa shape index (κ3) is 3.61. The van der Waals surface area contributed by atoms with Crippen molar-refractivity contribution in [1.82, 2.24) is 5.32 Å². The van der Waals surface area contributed by atoms with E-state index < -0.39 is 0 Å². The standard InChI is InChI=1S/C14H20ClNO2/c15-11-8-10(6-7-13(11)17)9-16-12-4-2-1-3-5-14(12)18/h6-8,12,14,16-18H,1-5,9H2. The Morgan fingerprint density at radius 3 is 2.78 bits per heavy atom. The van der Waals surface area contributed by atoms with Crippen LogP contribution in [0.4, 0.5) is 0 Å². The molecule has 0 bridgehead atoms. The van der Waals surface area contributed by atoms with Crippen LogP contribution >= 0.6 is 11.6 Å². The maximum absolute atomic E-state index is 10.00. The number of hydrogen-bond acceptors (Lipinski definition) is 3. The summed E-state index contributed by atoms with van der Waals surface area (Å²) in [7, 11) is 0. The summed E-state index contributed by atoms with van der Waals surface area (Å²) in [5.74, 6) is 0.106. The van der Waals surface area contributed by atoms with Crippen molar-refractivity contribution in [2.75, 3.05) is 0 Å². The third-order valence-electron chi connectivity index (χ3n) is 3.56. The van der Waals surface area contributed by atoms with Crippen molar-refractivity contribution in [3.05, 3.63) is 28.8 Å². The molecule has 2 unspecified atom stereocenters. The Labute approximate surface area is 113 Å². The molecule has 0 amide bonds. The van der Waals surface area contributed by atoms with E-state index in [2.05, 4.69) is 5.32 Å². The number of aromatic hydroxyl groups is 1. The van der Waals surface area contributed by atoms with Crippen LogP contribution in [-0.4, -0.2) is 22.4 Å². The van der Waals surface area contributed by atoms with Crippen LogP contribution in [0.5, 0.6) is 5.75 Å². The van der Waals surface area contributed by atoms with Crippen LogP contribution in [0.15, 0.2) is 18.2 Å². The number of phenols is 1. The van der Waals surface area contributed by atoms with Gasteiger partial charge in [0.25, 0.3) is 0 Å². The Bertz CT molecular complexity index is 397. The lowest BCUT2D eigenvalue weighted by Crippen LogP contribution is -2.38. The van der Waals surface area contributed by atoms with Crippen molar-refractivity contribution >= 4 is 11.6 Å². The maximum Gasteiger partial charge on any atom is 0.134 e. The molecule has 1 saturated carbocycles. The Morgan fingerprint density at radius 2 is 2.00 bits per heavy atom. The molecule has 3 nitrogen and oxygen atoms in total. The summed E-state index contributed by atoms with van der Waals surface area (Å²) in [5.41, 5.74) is 1.02. The molecule has 1 aliphatic carbocycles. The van der Waals surface area contributed by atoms with Crippen LogP contribution in [0.25, 0.3) is 0 Å². The third-order valence-corrected chi connectivity index (χ3v) is 3.86. The van der Waals surface area contributed by atoms with Gasteiger partial charge in [0.15, 0.2) is 0 Å². The van der Waals surface area contributed by atoms with Crippen LogP contribution in [0.2, 0.25) is 5.02 Å². The van der Waals surface area contributed by atoms with Gasteiger partial charge in [-0.1, -0.05) is 36.9 Å². The van der Waals surface area contributed by atoms with E-state index in [1.54, 1.807) is 12.1 Å². The van der Waals surface area contributed by atoms with Crippen molar-refractivity contribution in [1.29, 1.82) is 0 Å². The number of nitrogens with one attached hydrogen (secondary N) is 1. The molecule has 1 aromatic carbocycles. The largest absolute Gasteiger partial charge is 0.506 e. The van der Waals surface area contributed by atoms with Crippen molar-refractivity contribution < 1.29 is 10.2 Å². The quantitative estimate of drug-likeness (QED) is 0.740. The zero-order valence-corrected chi connectivity index (χ0v) is 11.2. The van der Waals surface area contributed by atoms with Crippen LogP contribution in [0, 0.1) is 0 Å². The summed E-state index contributed by atoms with van der Waals surface area (Å²) < 4.78 is 0. The van der Waals surface area contributed by atoms with Gasteiger partial charge in [0.2, 0.25) is 0 Å². The molecule has 0 saturated heterocycles. The lowest BCUT2D eigenvalue weighted by Gasteiger charge is -2.22. The van der Waals surface area contributed by atoms with Crippen LogP contribution in [0.1, 0.15) is 37.7 Å². The smallest absolute Gasteiger partial charge is 0.134 e. The summed E-state index contributed by atoms with van der Waals surface area (Å²) in [5, 5.41) is 23.1. The minimum absolute atomic E-state index is 0.106. The van der Waals surface area contributed by atoms with Gasteiger partial charge in [-0.2, -0.15) is 0 Å². The summed E-state index contributed by atoms with van der Waals surface area (Å²) in [6.07, 6.45) is 5.15. The number of rotatable bonds is 3. The molecule has 3 N–H and O–H groups in total. The predicted octanol–water partition coefficient (Wildman–Crippen LogP) is 2.83. The first-order valence-electron chi connectivity index (χ1n) is 6.55. The second-order valence-electron chi connectivity index (χ2n) is 4.98. The topological polar surface area (TPSA) is 52.5 Å². The molecule has 1 aromatic rings. The number of benzene rings is 1. The highest BCUT2D eigenvalue weighted by Crippen LogP contribution is 2.24. The van der Waals surface area contributed by atoms with E-state index >= 15 is 0 Å². The molecule has 100 valence electrons. The van der Waals surface area contributed by atoms with Gasteiger partial charge in [-0.25, -0.2) is 0 Å². The normalized spacial score (nSPS) is 24.8. The number of hydrogen-bond donors (Lipinski definition) is 3. The van der Waals surface area contributed by atoms with Gasteiger partial charge >= 0.3 is 0 Å². The lowest BCUT2D eigenvalue weighted by atomic mass is 10.1. The van der Waals surface area contributed by atoms with E-state index in [1.807, 2.05) is 6.07 Å². The fourth-order valence-electron chi connectivity index (χ4n) is 2.44. The molecule has 4 heteroatoms. The lowest BCUT2D eigenvalue weighted by molar-refractivity contribution is 0.119. The molecular weight excluding hydrogens is 250 g/mol. The highest BCUT2D eigenvalue weighted by Gasteiger charge is 2.20. The van der Waals surface area contributed by atoms with Crippen molar-refractivity contribution in [2.45, 2.75) is 50.8 Å². The van der Waals surface area contributed by atoms with E-state index in [0.29, 0.717) is 11.6 Å². The second kappa shape index (κ2) is 6.41. The SMILES string of the molecule is Oc1ccc(CNC2CCCCCC2O)cc1Cl. The summed E-state index contributed by atoms with van der Waals surface area (Å²) in [6.45, 7) is 0.668. The monoisotopic (exact) mass is 269 g/mol. The number of aliphatic hydroxyl groups excluding tert-OH is 1. The Balaban J connectivity index is 1.91. The summed E-state index contributed by atoms with van der Waals surface area (Å²) in [6, 6.07) is 5.37. The number of halogens is 1. The molecule has 1 aliphatic rings. The average Bonchev–Trinajstić information content (AvgIpc) is 2.56. The highest BCUT2D eigenvalue weighted by molar-refractivity contribution is 6.32. The molecule has 2 rings (SSSR count). The van der Waals surface area contributed by atoms with Crippen molar-refractivity contribution in [2.24, 2.45) is 0 Å². The molecule has 0 aromatic heterocycles. The minimum atomic E-state index is -0.250. The number of aliphatic hydroxyl groups is 1. The average molecular weight is 270 g/mol. The summed E-state index contributed by atoms with van der Waals surface area (Å²) in [4.78, 5) is 0. The van der Waals surface area contributed by atoms with Gasteiger partial charge in [0.05, 0.1) is 11.1 Å². The van der Waals surface area contributed by atoms with E-state index in [4.69, 9.17) is 11.6 Å². The predicted molar refractivity (Wildman–Crippen MR) is 72.8 cm³/mol. The molecule has 0 aliphatic heterocycles. The Morgan fingerprint density at radius 1 is 1.22 bits per heavy atom. The summed E-state index contributed by atoms with van der Waals surface area (Å²) >= 11 is 5.86. The fourth-order valence-corrected chi connectivity index (χ4v) is 2.64. The minimum Gasteiger partial charge on any atom is -0.506 e. The van der Waals surface area contributed by atoms with Crippen molar-refractivity contribution in [3.63, 3.8) is 0 Å². The zero-order valence-electron chi connectivity index (χ0n) is 10.4. The molecule has 18 heavy (non-hydrogen) atoms. The van der Waals surface area contributed by atoms with Crippen LogP contribution < -0.4 is 5.32 Å². The van der Waals surface area contributed by atoms with Crippen LogP contribution in [0.3, 0.4) is 0 Å². The van der Waals surface area contributed by atoms with Gasteiger partial charge in [-0.15, -0.1) is 0 Å². The first kappa shape index (κ1) is 13.7. The van der Waals surface area contributed by atoms with Crippen LogP contribution in [-0.2, 0) is 6.54 Å². The van der Waals surface area contributed by atoms with Gasteiger partial charge in [0, 0.05) is 12.6 Å². The fraction of sp³-hybridized carbons (Fsp3) is 0.571. The molecular formula is C14H20ClNO2. The first-order chi connectivity index (χ1) is 8.66. The second-order valence-corrected chi connectivity index (χ2v) is 5.39. The van der Waals surface area contributed by atoms with Gasteiger partial charge < -0.3 is 15.5 Å². The van der Waals surface area contributed by atoms with Crippen molar-refractivity contribution in [3.8, 4) is 5.75 Å². The zero-order chi connectivity index (χ0) is 13.0. The van der Waals surface area contributed by atoms with Gasteiger partial charge in [-0.3, -0.25) is 0 Å². The molecule has 0 radical (unpaired) electrons. The maximum atomic E-state index is 10.00. The number of phenolic OH excluding ortho intramolecular Hbond substituents is 1. The molecule has 0 heterocycles. The Kier molecular flexibility index (Phi) is 4.87. The highest BCUT2D eigenvalue weighted by atomic mass is 35.5. The van der Waals surface area contributed by atoms with E-state index in [9.17, 15) is 10.2 Å². The van der Waals surface area contributed by atoms with Gasteiger partial charge in [0.1, 0.15) is 5.75 Å².